The van der Waals surface area contributed by atoms with Crippen LogP contribution in [0.4, 0.5) is 0 Å². The Balaban J connectivity index is 1.43. The van der Waals surface area contributed by atoms with Gasteiger partial charge in [0.1, 0.15) is 34.7 Å². The van der Waals surface area contributed by atoms with Crippen LogP contribution in [-0.2, 0) is 51.4 Å². The van der Waals surface area contributed by atoms with Crippen molar-refractivity contribution in [2.75, 3.05) is 0 Å². The molecule has 0 spiro atoms. The van der Waals surface area contributed by atoms with E-state index < -0.39 is 47.5 Å². The van der Waals surface area contributed by atoms with Crippen LogP contribution in [0.2, 0.25) is 0 Å². The number of hydrogen-bond acceptors (Lipinski definition) is 10. The van der Waals surface area contributed by atoms with E-state index in [4.69, 9.17) is 9.47 Å². The number of fused-ring (bicyclic) bond motifs is 8. The Morgan fingerprint density at radius 1 is 0.864 bits per heavy atom. The van der Waals surface area contributed by atoms with Crippen LogP contribution in [0.1, 0.15) is 129 Å². The molecule has 0 aromatic heterocycles. The summed E-state index contributed by atoms with van der Waals surface area (Å²) in [6.45, 7) is 3.70. The summed E-state index contributed by atoms with van der Waals surface area (Å²) in [5.74, 6) is 3.14. The number of aliphatic hydroxyl groups excluding tert-OH is 2. The molecule has 3 aromatic carbocycles. The summed E-state index contributed by atoms with van der Waals surface area (Å²) in [4.78, 5) is 41.2. The molecular formula is C49H56O10. The standard InChI is InChI=1S/C49H56O10/c1-3-5-6-10-40-37(28-50)20-33(24-44(40)54)31-11-12-32-26-47(55)58-45-27-43(53)35(23-41(32)45)25-46-49(57,15-4-2)38-13-14-42(52)34(21-38)17-29-8-7-9-30(16-29)18-39(51)22-36(19-31)48(56)59-46/h7-9,16,20,22-24,27,31-32,34,38-39,46,50-51,53-54,57H,3-6,10,13-15,17-19,21,25-26,28H2,1-2H3/b36-22-/t31-,32+,34+,38+,39-,46-,49+/m1/s1. The third kappa shape index (κ3) is 9.28. The van der Waals surface area contributed by atoms with Gasteiger partial charge >= 0.3 is 11.9 Å². The molecule has 3 aliphatic heterocycles. The lowest BCUT2D eigenvalue weighted by Crippen LogP contribution is -2.54. The van der Waals surface area contributed by atoms with E-state index >= 15 is 0 Å². The first-order chi connectivity index (χ1) is 28.4. The van der Waals surface area contributed by atoms with E-state index in [0.29, 0.717) is 59.9 Å². The summed E-state index contributed by atoms with van der Waals surface area (Å²) in [5.41, 5.74) is 2.90. The number of benzene rings is 3. The first kappa shape index (κ1) is 42.2. The number of Topliss-reactive ketones (excluding diaryl/α,β-unsaturated/α-hetero) is 1. The zero-order valence-electron chi connectivity index (χ0n) is 34.0. The maximum absolute atomic E-state index is 14.8. The normalized spacial score (nSPS) is 27.9. The summed E-state index contributed by atoms with van der Waals surface area (Å²) in [6.07, 6.45) is 4.73. The van der Waals surface area contributed by atoms with Crippen LogP contribution in [0.15, 0.2) is 60.2 Å². The van der Waals surface area contributed by atoms with Gasteiger partial charge in [-0.25, -0.2) is 4.79 Å². The van der Waals surface area contributed by atoms with Gasteiger partial charge in [-0.3, -0.25) is 9.59 Å². The van der Waals surface area contributed by atoms with Crippen molar-refractivity contribution in [1.82, 2.24) is 0 Å². The van der Waals surface area contributed by atoms with E-state index in [9.17, 15) is 39.9 Å². The number of aliphatic hydroxyl groups is 3. The van der Waals surface area contributed by atoms with Crippen molar-refractivity contribution in [3.8, 4) is 29.1 Å². The maximum atomic E-state index is 14.8. The fourth-order valence-electron chi connectivity index (χ4n) is 9.76. The third-order valence-corrected chi connectivity index (χ3v) is 12.9. The van der Waals surface area contributed by atoms with Crippen molar-refractivity contribution < 1.29 is 49.4 Å². The third-order valence-electron chi connectivity index (χ3n) is 12.9. The Labute approximate surface area is 346 Å². The van der Waals surface area contributed by atoms with Crippen molar-refractivity contribution in [3.63, 3.8) is 0 Å². The quantitative estimate of drug-likeness (QED) is 0.0694. The number of esters is 2. The number of rotatable bonds is 8. The van der Waals surface area contributed by atoms with Gasteiger partial charge in [-0.15, -0.1) is 0 Å². The first-order valence-corrected chi connectivity index (χ1v) is 21.3. The Hall–Kier alpha value is -4.95. The fourth-order valence-corrected chi connectivity index (χ4v) is 9.76. The average Bonchev–Trinajstić information content (AvgIpc) is 3.20. The minimum Gasteiger partial charge on any atom is -0.508 e. The minimum atomic E-state index is -1.62. The number of unbranched alkanes of at least 4 members (excludes halogenated alkanes) is 2. The molecule has 7 atom stereocenters. The molecular weight excluding hydrogens is 749 g/mol. The Morgan fingerprint density at radius 3 is 2.41 bits per heavy atom. The van der Waals surface area contributed by atoms with Crippen LogP contribution in [0.5, 0.6) is 17.2 Å². The molecule has 1 saturated carbocycles. The molecule has 312 valence electrons. The number of carbonyl (C=O) groups is 3. The Morgan fingerprint density at radius 2 is 1.64 bits per heavy atom. The Bertz CT molecular complexity index is 2180. The lowest BCUT2D eigenvalue weighted by Gasteiger charge is -2.45. The molecule has 1 aliphatic carbocycles. The van der Waals surface area contributed by atoms with Gasteiger partial charge in [0.15, 0.2) is 0 Å². The Kier molecular flexibility index (Phi) is 13.0. The molecule has 0 saturated heterocycles. The topological polar surface area (TPSA) is 171 Å². The first-order valence-electron chi connectivity index (χ1n) is 21.3. The lowest BCUT2D eigenvalue weighted by atomic mass is 9.66. The van der Waals surface area contributed by atoms with Crippen molar-refractivity contribution in [2.45, 2.75) is 140 Å². The number of hydrogen-bond donors (Lipinski definition) is 5. The second-order valence-electron chi connectivity index (χ2n) is 17.0. The molecule has 10 nitrogen and oxygen atoms in total. The summed E-state index contributed by atoms with van der Waals surface area (Å²) >= 11 is 0. The van der Waals surface area contributed by atoms with Crippen molar-refractivity contribution >= 4 is 17.7 Å². The number of aromatic hydroxyl groups is 2. The summed E-state index contributed by atoms with van der Waals surface area (Å²) < 4.78 is 12.1. The summed E-state index contributed by atoms with van der Waals surface area (Å²) in [6, 6.07) is 14.2. The van der Waals surface area contributed by atoms with Gasteiger partial charge in [0.05, 0.1) is 25.0 Å². The molecule has 10 heteroatoms. The highest BCUT2D eigenvalue weighted by molar-refractivity contribution is 5.89. The van der Waals surface area contributed by atoms with Gasteiger partial charge in [-0.2, -0.15) is 0 Å². The van der Waals surface area contributed by atoms with Crippen molar-refractivity contribution in [2.24, 2.45) is 11.8 Å². The maximum Gasteiger partial charge on any atom is 0.334 e. The molecule has 5 N–H and O–H groups in total. The molecule has 0 amide bonds. The van der Waals surface area contributed by atoms with Crippen molar-refractivity contribution in [3.05, 3.63) is 99.1 Å². The lowest BCUT2D eigenvalue weighted by molar-refractivity contribution is -0.176. The summed E-state index contributed by atoms with van der Waals surface area (Å²) in [5, 5.41) is 58.1. The van der Waals surface area contributed by atoms with Gasteiger partial charge < -0.3 is 35.0 Å². The number of ether oxygens (including phenoxy) is 2. The van der Waals surface area contributed by atoms with E-state index in [1.54, 1.807) is 18.2 Å². The average molecular weight is 805 g/mol. The number of phenols is 2. The van der Waals surface area contributed by atoms with Crippen LogP contribution in [0, 0.1) is 23.7 Å². The zero-order chi connectivity index (χ0) is 41.8. The van der Waals surface area contributed by atoms with Crippen LogP contribution < -0.4 is 4.74 Å². The highest BCUT2D eigenvalue weighted by Gasteiger charge is 2.49. The van der Waals surface area contributed by atoms with E-state index in [0.717, 1.165) is 30.4 Å². The molecule has 1 fully saturated rings. The van der Waals surface area contributed by atoms with Gasteiger partial charge in [0, 0.05) is 48.3 Å². The SMILES string of the molecule is CCCCCc1c(O)cc([C@@H]2C#C[C@H]3CC(=O)Oc4cc(O)c(cc43)C[C@H]3OC(=O)/C(=C\[C@H](O)Cc4cccc(c4)C[C@H]4C[C@H](CCC4=O)[C@@]3(O)CCC)C2)cc1CO. The van der Waals surface area contributed by atoms with E-state index in [1.807, 2.05) is 31.2 Å². The zero-order valence-corrected chi connectivity index (χ0v) is 34.0. The number of phenolic OH excluding ortho intramolecular Hbond substituents is 2. The van der Waals surface area contributed by atoms with Crippen LogP contribution in [-0.4, -0.2) is 61.1 Å². The van der Waals surface area contributed by atoms with E-state index in [1.165, 1.54) is 12.1 Å². The number of ketones is 1. The highest BCUT2D eigenvalue weighted by atomic mass is 16.6. The second kappa shape index (κ2) is 18.1. The smallest absolute Gasteiger partial charge is 0.334 e. The molecule has 8 bridgehead atoms. The summed E-state index contributed by atoms with van der Waals surface area (Å²) in [7, 11) is 0. The van der Waals surface area contributed by atoms with Gasteiger partial charge in [0.25, 0.3) is 0 Å². The molecule has 0 unspecified atom stereocenters. The van der Waals surface area contributed by atoms with E-state index in [2.05, 4.69) is 18.8 Å². The van der Waals surface area contributed by atoms with Gasteiger partial charge in [-0.05, 0) is 102 Å². The molecule has 59 heavy (non-hydrogen) atoms. The van der Waals surface area contributed by atoms with Gasteiger partial charge in [-0.1, -0.05) is 75.3 Å². The van der Waals surface area contributed by atoms with Crippen LogP contribution in [0.3, 0.4) is 0 Å². The van der Waals surface area contributed by atoms with Crippen molar-refractivity contribution in [1.29, 1.82) is 0 Å². The second-order valence-corrected chi connectivity index (χ2v) is 17.0. The molecule has 0 radical (unpaired) electrons. The largest absolute Gasteiger partial charge is 0.508 e. The highest BCUT2D eigenvalue weighted by Crippen LogP contribution is 2.45. The van der Waals surface area contributed by atoms with E-state index in [-0.39, 0.29) is 79.7 Å². The molecule has 3 aromatic rings. The van der Waals surface area contributed by atoms with Gasteiger partial charge in [0.2, 0.25) is 0 Å². The minimum absolute atomic E-state index is 0.00609. The predicted molar refractivity (Wildman–Crippen MR) is 221 cm³/mol. The molecule has 7 rings (SSSR count). The predicted octanol–water partition coefficient (Wildman–Crippen LogP) is 6.96. The fraction of sp³-hybridized carbons (Fsp3) is 0.490. The van der Waals surface area contributed by atoms with Crippen LogP contribution in [0.25, 0.3) is 0 Å². The molecule has 4 aliphatic rings. The number of carbonyl (C=O) groups excluding carboxylic acids is 3. The monoisotopic (exact) mass is 804 g/mol. The van der Waals surface area contributed by atoms with Crippen LogP contribution >= 0.6 is 0 Å². The molecule has 3 heterocycles.